The predicted molar refractivity (Wildman–Crippen MR) is 178 cm³/mol. The maximum Gasteiger partial charge on any atom is 2.00 e. The monoisotopic (exact) mass is 769 g/mol. The predicted octanol–water partition coefficient (Wildman–Crippen LogP) is 9.47. The van der Waals surface area contributed by atoms with Gasteiger partial charge in [-0.3, -0.25) is 4.68 Å². The van der Waals surface area contributed by atoms with Gasteiger partial charge in [0.05, 0.1) is 5.69 Å². The van der Waals surface area contributed by atoms with Gasteiger partial charge in [0.25, 0.3) is 0 Å². The van der Waals surface area contributed by atoms with E-state index in [2.05, 4.69) is 106 Å². The Labute approximate surface area is 278 Å². The topological polar surface area (TPSA) is 44.9 Å². The number of aryl methyl sites for hydroxylation is 4. The largest absolute Gasteiger partial charge is 2.00 e. The van der Waals surface area contributed by atoms with Crippen molar-refractivity contribution in [1.82, 2.24) is 19.3 Å². The summed E-state index contributed by atoms with van der Waals surface area (Å²) >= 11 is 0. The molecule has 0 radical (unpaired) electrons. The van der Waals surface area contributed by atoms with E-state index in [-0.39, 0.29) is 21.1 Å². The second-order valence-corrected chi connectivity index (χ2v) is 11.3. The van der Waals surface area contributed by atoms with Gasteiger partial charge in [-0.15, -0.1) is 35.7 Å². The van der Waals surface area contributed by atoms with Crippen LogP contribution in [-0.2, 0) is 33.9 Å². The first kappa shape index (κ1) is 30.6. The van der Waals surface area contributed by atoms with Gasteiger partial charge in [-0.25, -0.2) is 4.98 Å². The van der Waals surface area contributed by atoms with Gasteiger partial charge in [0.15, 0.2) is 0 Å². The summed E-state index contributed by atoms with van der Waals surface area (Å²) in [7, 11) is 0. The van der Waals surface area contributed by atoms with Crippen LogP contribution >= 0.6 is 0 Å². The van der Waals surface area contributed by atoms with Crippen molar-refractivity contribution in [3.63, 3.8) is 0 Å². The Bertz CT molecular complexity index is 2150. The van der Waals surface area contributed by atoms with Gasteiger partial charge in [-0.2, -0.15) is 17.2 Å². The number of rotatable bonds is 7. The summed E-state index contributed by atoms with van der Waals surface area (Å²) in [4.78, 5) is 4.69. The van der Waals surface area contributed by atoms with Crippen molar-refractivity contribution in [2.24, 2.45) is 0 Å². The second-order valence-electron chi connectivity index (χ2n) is 11.3. The molecule has 3 heterocycles. The molecule has 5 nitrogen and oxygen atoms in total. The number of benzene rings is 4. The van der Waals surface area contributed by atoms with Crippen LogP contribution in [0.1, 0.15) is 41.9 Å². The van der Waals surface area contributed by atoms with E-state index in [1.54, 1.807) is 0 Å². The van der Waals surface area contributed by atoms with E-state index in [0.717, 1.165) is 57.4 Å². The molecular weight excluding hydrogens is 736 g/mol. The minimum absolute atomic E-state index is 0. The fourth-order valence-electron chi connectivity index (χ4n) is 6.33. The molecule has 3 aromatic heterocycles. The van der Waals surface area contributed by atoms with Crippen LogP contribution in [0.5, 0.6) is 11.5 Å². The molecule has 0 aliphatic rings. The molecule has 0 aliphatic heterocycles. The van der Waals surface area contributed by atoms with Gasteiger partial charge < -0.3 is 9.30 Å². The smallest absolute Gasteiger partial charge is 0.509 e. The summed E-state index contributed by atoms with van der Waals surface area (Å²) in [6, 6.07) is 36.1. The second kappa shape index (κ2) is 12.5. The number of hydrogen-bond acceptors (Lipinski definition) is 3. The number of para-hydroxylation sites is 1. The van der Waals surface area contributed by atoms with Crippen LogP contribution in [0, 0.1) is 32.9 Å². The number of ether oxygens (including phenoxy) is 1. The first-order valence-corrected chi connectivity index (χ1v) is 15.2. The molecule has 0 unspecified atom stereocenters. The molecule has 0 spiro atoms. The molecule has 0 saturated heterocycles. The van der Waals surface area contributed by atoms with E-state index in [1.807, 2.05) is 41.2 Å². The molecule has 0 N–H and O–H groups in total. The van der Waals surface area contributed by atoms with Crippen molar-refractivity contribution in [3.8, 4) is 34.1 Å². The number of nitrogens with zero attached hydrogens (tertiary/aromatic N) is 4. The SMILES string of the molecule is CCc1nn(-c2[c-]c(Oc3[c-]c4c(cc3)c3ccccc3n4-c3cc(C)ccn3)ccc2)c(CC)c1-c1c(C)cccc1C.[Pt+2]. The summed E-state index contributed by atoms with van der Waals surface area (Å²) < 4.78 is 10.6. The minimum atomic E-state index is 0. The van der Waals surface area contributed by atoms with E-state index < -0.39 is 0 Å². The molecule has 0 fully saturated rings. The maximum atomic E-state index is 6.43. The zero-order valence-electron chi connectivity index (χ0n) is 26.1. The average molecular weight is 770 g/mol. The standard InChI is InChI=1S/C39H34N4O.Pt/c1-6-33-39(38-26(4)12-10-13-27(38)5)34(7-2)43(41-33)28-14-11-15-29(23-28)44-30-18-19-32-31-16-8-9-17-35(31)42(36(32)24-30)37-22-25(3)20-21-40-37;/h8-22H,6-7H2,1-5H3;/q-2;+2. The minimum Gasteiger partial charge on any atom is -0.509 e. The van der Waals surface area contributed by atoms with E-state index in [1.165, 1.54) is 27.9 Å². The Hall–Kier alpha value is -4.47. The van der Waals surface area contributed by atoms with Crippen molar-refractivity contribution in [2.75, 3.05) is 0 Å². The summed E-state index contributed by atoms with van der Waals surface area (Å²) in [6.45, 7) is 10.8. The van der Waals surface area contributed by atoms with Crippen LogP contribution in [0.4, 0.5) is 0 Å². The normalized spacial score (nSPS) is 11.2. The van der Waals surface area contributed by atoms with Crippen molar-refractivity contribution in [3.05, 3.63) is 131 Å². The van der Waals surface area contributed by atoms with E-state index in [9.17, 15) is 0 Å². The van der Waals surface area contributed by atoms with E-state index in [4.69, 9.17) is 14.8 Å². The molecule has 4 aromatic carbocycles. The Morgan fingerprint density at radius 3 is 2.24 bits per heavy atom. The third-order valence-electron chi connectivity index (χ3n) is 8.34. The Balaban J connectivity index is 0.00000357. The van der Waals surface area contributed by atoms with Gasteiger partial charge in [0.2, 0.25) is 0 Å². The fourth-order valence-corrected chi connectivity index (χ4v) is 6.33. The van der Waals surface area contributed by atoms with Crippen LogP contribution in [0.25, 0.3) is 44.4 Å². The van der Waals surface area contributed by atoms with Gasteiger partial charge >= 0.3 is 21.1 Å². The number of hydrogen-bond donors (Lipinski definition) is 0. The van der Waals surface area contributed by atoms with Gasteiger partial charge in [-0.05, 0) is 85.1 Å². The zero-order chi connectivity index (χ0) is 30.4. The molecule has 7 aromatic rings. The quantitative estimate of drug-likeness (QED) is 0.152. The Morgan fingerprint density at radius 2 is 1.49 bits per heavy atom. The van der Waals surface area contributed by atoms with Gasteiger partial charge in [0.1, 0.15) is 5.82 Å². The summed E-state index contributed by atoms with van der Waals surface area (Å²) in [5.74, 6) is 2.08. The summed E-state index contributed by atoms with van der Waals surface area (Å²) in [5, 5.41) is 7.36. The van der Waals surface area contributed by atoms with Gasteiger partial charge in [0, 0.05) is 34.5 Å². The maximum absolute atomic E-state index is 6.43. The number of fused-ring (bicyclic) bond motifs is 3. The van der Waals surface area contributed by atoms with Crippen molar-refractivity contribution >= 4 is 21.8 Å². The van der Waals surface area contributed by atoms with Crippen LogP contribution < -0.4 is 4.74 Å². The first-order chi connectivity index (χ1) is 21.5. The number of pyridine rings is 1. The Morgan fingerprint density at radius 1 is 0.733 bits per heavy atom. The van der Waals surface area contributed by atoms with Crippen molar-refractivity contribution in [1.29, 1.82) is 0 Å². The molecular formula is C39H34N4OPt. The summed E-state index contributed by atoms with van der Waals surface area (Å²) in [5.41, 5.74) is 11.3. The molecule has 0 bridgehead atoms. The third kappa shape index (κ3) is 5.40. The van der Waals surface area contributed by atoms with Crippen LogP contribution in [0.3, 0.4) is 0 Å². The molecule has 0 saturated carbocycles. The fraction of sp³-hybridized carbons (Fsp3) is 0.179. The molecule has 0 aliphatic carbocycles. The average Bonchev–Trinajstić information content (AvgIpc) is 3.56. The molecule has 6 heteroatoms. The van der Waals surface area contributed by atoms with E-state index >= 15 is 0 Å². The molecule has 7 rings (SSSR count). The molecule has 226 valence electrons. The van der Waals surface area contributed by atoms with Crippen molar-refractivity contribution < 1.29 is 25.8 Å². The molecule has 45 heavy (non-hydrogen) atoms. The zero-order valence-corrected chi connectivity index (χ0v) is 28.4. The van der Waals surface area contributed by atoms with Crippen LogP contribution in [0.2, 0.25) is 0 Å². The first-order valence-electron chi connectivity index (χ1n) is 15.2. The van der Waals surface area contributed by atoms with Crippen molar-refractivity contribution in [2.45, 2.75) is 47.5 Å². The van der Waals surface area contributed by atoms with Gasteiger partial charge in [-0.1, -0.05) is 55.8 Å². The van der Waals surface area contributed by atoms with Crippen LogP contribution in [-0.4, -0.2) is 19.3 Å². The van der Waals surface area contributed by atoms with E-state index in [0.29, 0.717) is 11.5 Å². The Kier molecular flexibility index (Phi) is 8.48. The number of aromatic nitrogens is 4. The third-order valence-corrected chi connectivity index (χ3v) is 8.34. The molecule has 0 atom stereocenters. The molecule has 0 amide bonds. The van der Waals surface area contributed by atoms with Crippen LogP contribution in [0.15, 0.2) is 91.1 Å². The summed E-state index contributed by atoms with van der Waals surface area (Å²) in [6.07, 6.45) is 3.54.